The summed E-state index contributed by atoms with van der Waals surface area (Å²) < 4.78 is 24.4. The number of carbonyl (C=O) groups excluding carboxylic acids is 1. The average molecular weight is 468 g/mol. The molecule has 5 rings (SSSR count). The van der Waals surface area contributed by atoms with Crippen molar-refractivity contribution in [2.45, 2.75) is 18.3 Å². The Bertz CT molecular complexity index is 1240. The lowest BCUT2D eigenvalue weighted by Crippen LogP contribution is -2.32. The van der Waals surface area contributed by atoms with Crippen LogP contribution < -0.4 is 14.8 Å². The number of halogens is 1. The van der Waals surface area contributed by atoms with Gasteiger partial charge in [-0.2, -0.15) is 0 Å². The first-order valence-electron chi connectivity index (χ1n) is 11.7. The fourth-order valence-corrected chi connectivity index (χ4v) is 4.62. The number of amides is 1. The fourth-order valence-electron chi connectivity index (χ4n) is 4.62. The average Bonchev–Trinajstić information content (AvgIpc) is 3.37. The molecule has 1 aliphatic rings. The summed E-state index contributed by atoms with van der Waals surface area (Å²) in [5.74, 6) is 0.956. The van der Waals surface area contributed by atoms with Gasteiger partial charge in [0, 0.05) is 18.4 Å². The molecule has 0 radical (unpaired) electrons. The van der Waals surface area contributed by atoms with Gasteiger partial charge in [-0.15, -0.1) is 0 Å². The molecule has 35 heavy (non-hydrogen) atoms. The normalized spacial score (nSPS) is 13.0. The van der Waals surface area contributed by atoms with Gasteiger partial charge in [0.05, 0.1) is 6.42 Å². The molecule has 4 aromatic rings. The van der Waals surface area contributed by atoms with Crippen LogP contribution in [0.5, 0.6) is 11.5 Å². The summed E-state index contributed by atoms with van der Waals surface area (Å²) >= 11 is 0. The Hall–Kier alpha value is -4.12. The Labute approximate surface area is 204 Å². The van der Waals surface area contributed by atoms with Gasteiger partial charge < -0.3 is 14.8 Å². The first-order chi connectivity index (χ1) is 17.2. The number of benzene rings is 4. The molecule has 1 aliphatic heterocycles. The third-order valence-electron chi connectivity index (χ3n) is 6.34. The molecule has 0 saturated carbocycles. The molecule has 0 bridgehead atoms. The number of nitrogens with one attached hydrogen (secondary N) is 1. The zero-order valence-electron chi connectivity index (χ0n) is 19.2. The summed E-state index contributed by atoms with van der Waals surface area (Å²) in [5, 5.41) is 3.13. The van der Waals surface area contributed by atoms with Gasteiger partial charge in [-0.25, -0.2) is 4.39 Å². The zero-order valence-corrected chi connectivity index (χ0v) is 19.2. The van der Waals surface area contributed by atoms with Crippen LogP contribution in [0.15, 0.2) is 103 Å². The highest BCUT2D eigenvalue weighted by atomic mass is 19.1. The van der Waals surface area contributed by atoms with Crippen molar-refractivity contribution in [2.24, 2.45) is 0 Å². The lowest BCUT2D eigenvalue weighted by Gasteiger charge is -2.29. The first kappa shape index (κ1) is 22.7. The monoisotopic (exact) mass is 467 g/mol. The number of carbonyl (C=O) groups is 1. The van der Waals surface area contributed by atoms with Crippen LogP contribution in [0.4, 0.5) is 4.39 Å². The van der Waals surface area contributed by atoms with Crippen LogP contribution in [0, 0.1) is 5.82 Å². The lowest BCUT2D eigenvalue weighted by molar-refractivity contribution is -0.120. The number of hydrogen-bond acceptors (Lipinski definition) is 3. The fraction of sp³-hybridized carbons (Fsp3) is 0.167. The summed E-state index contributed by atoms with van der Waals surface area (Å²) in [6.45, 7) is 0.632. The molecule has 0 spiro atoms. The van der Waals surface area contributed by atoms with Crippen molar-refractivity contribution >= 4 is 5.91 Å². The van der Waals surface area contributed by atoms with Crippen molar-refractivity contribution in [1.29, 1.82) is 0 Å². The number of fused-ring (bicyclic) bond motifs is 1. The molecule has 1 heterocycles. The molecule has 176 valence electrons. The number of rotatable bonds is 8. The predicted octanol–water partition coefficient (Wildman–Crippen LogP) is 5.83. The van der Waals surface area contributed by atoms with Crippen LogP contribution in [0.3, 0.4) is 0 Å². The van der Waals surface area contributed by atoms with E-state index in [0.717, 1.165) is 28.0 Å². The van der Waals surface area contributed by atoms with Gasteiger partial charge >= 0.3 is 0 Å². The predicted molar refractivity (Wildman–Crippen MR) is 133 cm³/mol. The van der Waals surface area contributed by atoms with Gasteiger partial charge in [-0.3, -0.25) is 4.79 Å². The van der Waals surface area contributed by atoms with Gasteiger partial charge in [0.25, 0.3) is 0 Å². The maximum atomic E-state index is 13.3. The SMILES string of the molecule is O=C(Cc1ccc(F)cc1)NCC(c1ccc2c(c1)OCO2)C(c1ccccc1)c1ccccc1. The smallest absolute Gasteiger partial charge is 0.231 e. The Morgan fingerprint density at radius 2 is 1.40 bits per heavy atom. The minimum Gasteiger partial charge on any atom is -0.454 e. The van der Waals surface area contributed by atoms with Gasteiger partial charge in [-0.1, -0.05) is 78.9 Å². The second-order valence-corrected chi connectivity index (χ2v) is 8.63. The van der Waals surface area contributed by atoms with Crippen molar-refractivity contribution in [1.82, 2.24) is 5.32 Å². The van der Waals surface area contributed by atoms with Crippen molar-refractivity contribution in [3.05, 3.63) is 131 Å². The quantitative estimate of drug-likeness (QED) is 0.355. The Kier molecular flexibility index (Phi) is 6.75. The highest BCUT2D eigenvalue weighted by molar-refractivity contribution is 5.78. The summed E-state index contributed by atoms with van der Waals surface area (Å²) in [4.78, 5) is 12.9. The summed E-state index contributed by atoms with van der Waals surface area (Å²) in [6, 6.07) is 32.7. The highest BCUT2D eigenvalue weighted by Gasteiger charge is 2.28. The molecule has 1 amide bonds. The largest absolute Gasteiger partial charge is 0.454 e. The minimum absolute atomic E-state index is 0.00360. The van der Waals surface area contributed by atoms with Gasteiger partial charge in [0.15, 0.2) is 11.5 Å². The third kappa shape index (κ3) is 5.35. The Morgan fingerprint density at radius 1 is 0.771 bits per heavy atom. The first-order valence-corrected chi connectivity index (χ1v) is 11.7. The summed E-state index contributed by atoms with van der Waals surface area (Å²) in [7, 11) is 0. The Balaban J connectivity index is 1.47. The molecule has 4 aromatic carbocycles. The van der Waals surface area contributed by atoms with Crippen LogP contribution in [-0.4, -0.2) is 19.2 Å². The molecule has 1 unspecified atom stereocenters. The standard InChI is InChI=1S/C30H26FNO3/c31-25-14-11-21(12-15-25)17-29(33)32-19-26(24-13-16-27-28(18-24)35-20-34-27)30(22-7-3-1-4-8-22)23-9-5-2-6-10-23/h1-16,18,26,30H,17,19-20H2,(H,32,33). The molecule has 5 heteroatoms. The van der Waals surface area contributed by atoms with Crippen LogP contribution in [0.1, 0.15) is 34.1 Å². The molecular weight excluding hydrogens is 441 g/mol. The third-order valence-corrected chi connectivity index (χ3v) is 6.34. The van der Waals surface area contributed by atoms with E-state index in [1.165, 1.54) is 12.1 Å². The summed E-state index contributed by atoms with van der Waals surface area (Å²) in [6.07, 6.45) is 0.190. The zero-order chi connectivity index (χ0) is 24.0. The van der Waals surface area contributed by atoms with Crippen LogP contribution >= 0.6 is 0 Å². The molecule has 4 nitrogen and oxygen atoms in total. The van der Waals surface area contributed by atoms with Gasteiger partial charge in [0.2, 0.25) is 12.7 Å². The van der Waals surface area contributed by atoms with Crippen LogP contribution in [-0.2, 0) is 11.2 Å². The van der Waals surface area contributed by atoms with E-state index in [0.29, 0.717) is 12.3 Å². The number of hydrogen-bond donors (Lipinski definition) is 1. The maximum Gasteiger partial charge on any atom is 0.231 e. The summed E-state index contributed by atoms with van der Waals surface area (Å²) in [5.41, 5.74) is 4.14. The molecule has 0 aromatic heterocycles. The number of ether oxygens (including phenoxy) is 2. The highest BCUT2D eigenvalue weighted by Crippen LogP contribution is 2.42. The van der Waals surface area contributed by atoms with E-state index in [4.69, 9.17) is 9.47 Å². The van der Waals surface area contributed by atoms with E-state index >= 15 is 0 Å². The van der Waals surface area contributed by atoms with E-state index in [-0.39, 0.29) is 36.8 Å². The molecule has 0 saturated heterocycles. The van der Waals surface area contributed by atoms with Crippen molar-refractivity contribution in [3.8, 4) is 11.5 Å². The molecule has 1 atom stereocenters. The van der Waals surface area contributed by atoms with E-state index in [9.17, 15) is 9.18 Å². The van der Waals surface area contributed by atoms with E-state index in [1.807, 2.05) is 54.6 Å². The van der Waals surface area contributed by atoms with E-state index < -0.39 is 0 Å². The topological polar surface area (TPSA) is 47.6 Å². The molecular formula is C30H26FNO3. The lowest BCUT2D eigenvalue weighted by atomic mass is 9.77. The Morgan fingerprint density at radius 3 is 2.06 bits per heavy atom. The molecule has 0 fully saturated rings. The van der Waals surface area contributed by atoms with Crippen LogP contribution in [0.2, 0.25) is 0 Å². The second-order valence-electron chi connectivity index (χ2n) is 8.63. The van der Waals surface area contributed by atoms with Crippen molar-refractivity contribution in [2.75, 3.05) is 13.3 Å². The minimum atomic E-state index is -0.314. The van der Waals surface area contributed by atoms with Crippen LogP contribution in [0.25, 0.3) is 0 Å². The second kappa shape index (κ2) is 10.4. The molecule has 1 N–H and O–H groups in total. The van der Waals surface area contributed by atoms with Gasteiger partial charge in [0.1, 0.15) is 5.82 Å². The van der Waals surface area contributed by atoms with Crippen molar-refractivity contribution in [3.63, 3.8) is 0 Å². The van der Waals surface area contributed by atoms with Gasteiger partial charge in [-0.05, 0) is 46.5 Å². The van der Waals surface area contributed by atoms with E-state index in [2.05, 4.69) is 29.6 Å². The maximum absolute atomic E-state index is 13.3. The van der Waals surface area contributed by atoms with E-state index in [1.54, 1.807) is 12.1 Å². The molecule has 0 aliphatic carbocycles. The van der Waals surface area contributed by atoms with Crippen molar-refractivity contribution < 1.29 is 18.7 Å².